The smallest absolute Gasteiger partial charge is 0.256 e. The normalized spacial score (nSPS) is 17.1. The molecule has 1 spiro atoms. The summed E-state index contributed by atoms with van der Waals surface area (Å²) in [6.07, 6.45) is 8.34. The highest BCUT2D eigenvalue weighted by Crippen LogP contribution is 2.48. The van der Waals surface area contributed by atoms with E-state index in [0.717, 1.165) is 41.6 Å². The van der Waals surface area contributed by atoms with Gasteiger partial charge in [0.1, 0.15) is 0 Å². The zero-order valence-corrected chi connectivity index (χ0v) is 16.3. The summed E-state index contributed by atoms with van der Waals surface area (Å²) < 4.78 is 0. The van der Waals surface area contributed by atoms with Crippen LogP contribution < -0.4 is 11.0 Å². The molecule has 146 valence electrons. The number of nitrogens with one attached hydrogen (secondary N) is 2. The Kier molecular flexibility index (Phi) is 4.51. The maximum absolute atomic E-state index is 13.2. The summed E-state index contributed by atoms with van der Waals surface area (Å²) in [5.41, 5.74) is 7.80. The average molecular weight is 384 g/mol. The summed E-state index contributed by atoms with van der Waals surface area (Å²) in [5, 5.41) is 4.25. The maximum Gasteiger partial charge on any atom is 0.256 e. The quantitative estimate of drug-likeness (QED) is 0.510. The van der Waals surface area contributed by atoms with Gasteiger partial charge in [0.05, 0.1) is 17.5 Å². The predicted molar refractivity (Wildman–Crippen MR) is 116 cm³/mol. The van der Waals surface area contributed by atoms with Crippen molar-refractivity contribution in [3.8, 4) is 11.3 Å². The molecule has 1 saturated carbocycles. The van der Waals surface area contributed by atoms with Gasteiger partial charge in [0.25, 0.3) is 5.56 Å². The lowest BCUT2D eigenvalue weighted by atomic mass is 9.62. The SMILES string of the molecule is O=c1[nH]c(NN=Cc2ccccc2)nc2c1C1(CCCCC1)Cc1ccccc1-2. The van der Waals surface area contributed by atoms with Crippen molar-refractivity contribution in [1.29, 1.82) is 0 Å². The van der Waals surface area contributed by atoms with E-state index in [0.29, 0.717) is 5.95 Å². The van der Waals surface area contributed by atoms with Crippen molar-refractivity contribution < 1.29 is 0 Å². The molecule has 2 aromatic carbocycles. The molecule has 2 aliphatic rings. The van der Waals surface area contributed by atoms with Crippen LogP contribution in [0.2, 0.25) is 0 Å². The van der Waals surface area contributed by atoms with Gasteiger partial charge >= 0.3 is 0 Å². The highest BCUT2D eigenvalue weighted by atomic mass is 16.1. The first-order valence-electron chi connectivity index (χ1n) is 10.3. The summed E-state index contributed by atoms with van der Waals surface area (Å²) in [4.78, 5) is 21.0. The summed E-state index contributed by atoms with van der Waals surface area (Å²) in [7, 11) is 0. The molecule has 5 nitrogen and oxygen atoms in total. The molecule has 0 saturated heterocycles. The van der Waals surface area contributed by atoms with Gasteiger partial charge in [0, 0.05) is 11.0 Å². The van der Waals surface area contributed by atoms with E-state index in [1.165, 1.54) is 24.8 Å². The molecule has 1 aromatic heterocycles. The van der Waals surface area contributed by atoms with Gasteiger partial charge in [-0.3, -0.25) is 9.78 Å². The van der Waals surface area contributed by atoms with Crippen molar-refractivity contribution in [3.05, 3.63) is 81.6 Å². The number of benzene rings is 2. The summed E-state index contributed by atoms with van der Waals surface area (Å²) in [6.45, 7) is 0. The number of hydrogen-bond donors (Lipinski definition) is 2. The fourth-order valence-corrected chi connectivity index (χ4v) is 4.93. The first-order chi connectivity index (χ1) is 14.3. The lowest BCUT2D eigenvalue weighted by Gasteiger charge is -2.41. The number of aromatic nitrogens is 2. The van der Waals surface area contributed by atoms with Gasteiger partial charge in [0.15, 0.2) is 0 Å². The largest absolute Gasteiger partial charge is 0.291 e. The molecule has 0 bridgehead atoms. The van der Waals surface area contributed by atoms with Gasteiger partial charge in [-0.15, -0.1) is 0 Å². The van der Waals surface area contributed by atoms with Gasteiger partial charge < -0.3 is 0 Å². The van der Waals surface area contributed by atoms with Crippen molar-refractivity contribution in [2.45, 2.75) is 43.9 Å². The lowest BCUT2D eigenvalue weighted by molar-refractivity contribution is 0.285. The standard InChI is InChI=1S/C24H24N4O/c29-22-20-21(26-23(27-22)28-25-16-17-9-3-1-4-10-17)19-12-6-5-11-18(19)15-24(20)13-7-2-8-14-24/h1,3-6,9-12,16H,2,7-8,13-15H2,(H2,26,27,28,29). The second-order valence-electron chi connectivity index (χ2n) is 8.09. The molecular formula is C24H24N4O. The molecule has 0 radical (unpaired) electrons. The average Bonchev–Trinajstić information content (AvgIpc) is 2.75. The van der Waals surface area contributed by atoms with E-state index < -0.39 is 0 Å². The van der Waals surface area contributed by atoms with E-state index in [4.69, 9.17) is 4.98 Å². The summed E-state index contributed by atoms with van der Waals surface area (Å²) in [6, 6.07) is 18.2. The predicted octanol–water partition coefficient (Wildman–Crippen LogP) is 4.64. The maximum atomic E-state index is 13.2. The number of rotatable bonds is 3. The molecule has 5 rings (SSSR count). The number of nitrogens with zero attached hydrogens (tertiary/aromatic N) is 2. The van der Waals surface area contributed by atoms with Crippen molar-refractivity contribution >= 4 is 12.2 Å². The van der Waals surface area contributed by atoms with Crippen molar-refractivity contribution in [2.24, 2.45) is 5.10 Å². The number of H-pyrrole nitrogens is 1. The Morgan fingerprint density at radius 3 is 2.59 bits per heavy atom. The number of aromatic amines is 1. The molecule has 0 atom stereocenters. The van der Waals surface area contributed by atoms with Crippen LogP contribution in [0.25, 0.3) is 11.3 Å². The van der Waals surface area contributed by atoms with Crippen LogP contribution in [-0.4, -0.2) is 16.2 Å². The molecule has 3 aromatic rings. The molecule has 2 N–H and O–H groups in total. The van der Waals surface area contributed by atoms with Crippen LogP contribution in [0.1, 0.15) is 48.8 Å². The third kappa shape index (κ3) is 3.27. The van der Waals surface area contributed by atoms with E-state index in [1.54, 1.807) is 6.21 Å². The number of hydrogen-bond acceptors (Lipinski definition) is 4. The zero-order valence-electron chi connectivity index (χ0n) is 16.3. The van der Waals surface area contributed by atoms with E-state index in [2.05, 4.69) is 33.7 Å². The minimum absolute atomic E-state index is 0.0381. The first kappa shape index (κ1) is 17.9. The Morgan fingerprint density at radius 2 is 1.76 bits per heavy atom. The van der Waals surface area contributed by atoms with Crippen molar-refractivity contribution in [1.82, 2.24) is 9.97 Å². The van der Waals surface area contributed by atoms with Gasteiger partial charge in [-0.25, -0.2) is 10.4 Å². The van der Waals surface area contributed by atoms with Crippen LogP contribution >= 0.6 is 0 Å². The van der Waals surface area contributed by atoms with Crippen LogP contribution in [0.4, 0.5) is 5.95 Å². The summed E-state index contributed by atoms with van der Waals surface area (Å²) in [5.74, 6) is 0.378. The molecule has 29 heavy (non-hydrogen) atoms. The number of hydrazone groups is 1. The van der Waals surface area contributed by atoms with E-state index in [1.807, 2.05) is 36.4 Å². The highest BCUT2D eigenvalue weighted by molar-refractivity contribution is 5.80. The number of fused-ring (bicyclic) bond motifs is 4. The monoisotopic (exact) mass is 384 g/mol. The molecule has 1 fully saturated rings. The molecule has 0 amide bonds. The lowest BCUT2D eigenvalue weighted by Crippen LogP contribution is -2.40. The minimum atomic E-state index is -0.0889. The van der Waals surface area contributed by atoms with Crippen molar-refractivity contribution in [3.63, 3.8) is 0 Å². The molecule has 0 aliphatic heterocycles. The Morgan fingerprint density at radius 1 is 1.00 bits per heavy atom. The van der Waals surface area contributed by atoms with Crippen LogP contribution in [0.15, 0.2) is 64.5 Å². The molecule has 2 aliphatic carbocycles. The van der Waals surface area contributed by atoms with Crippen LogP contribution in [0.3, 0.4) is 0 Å². The van der Waals surface area contributed by atoms with Crippen LogP contribution in [-0.2, 0) is 11.8 Å². The fraction of sp³-hybridized carbons (Fsp3) is 0.292. The zero-order chi connectivity index (χ0) is 19.7. The van der Waals surface area contributed by atoms with Gasteiger partial charge in [-0.05, 0) is 30.4 Å². The van der Waals surface area contributed by atoms with E-state index in [-0.39, 0.29) is 11.0 Å². The van der Waals surface area contributed by atoms with Crippen LogP contribution in [0.5, 0.6) is 0 Å². The fourth-order valence-electron chi connectivity index (χ4n) is 4.93. The van der Waals surface area contributed by atoms with Gasteiger partial charge in [-0.2, -0.15) is 5.10 Å². The van der Waals surface area contributed by atoms with Gasteiger partial charge in [-0.1, -0.05) is 73.9 Å². The van der Waals surface area contributed by atoms with Crippen LogP contribution in [0, 0.1) is 0 Å². The number of anilines is 1. The molecule has 5 heteroatoms. The second kappa shape index (κ2) is 7.32. The third-order valence-corrected chi connectivity index (χ3v) is 6.25. The minimum Gasteiger partial charge on any atom is -0.291 e. The Bertz CT molecular complexity index is 1110. The first-order valence-corrected chi connectivity index (χ1v) is 10.3. The van der Waals surface area contributed by atoms with E-state index in [9.17, 15) is 4.79 Å². The topological polar surface area (TPSA) is 70.1 Å². The molecule has 1 heterocycles. The van der Waals surface area contributed by atoms with Gasteiger partial charge in [0.2, 0.25) is 5.95 Å². The molecule has 0 unspecified atom stereocenters. The Balaban J connectivity index is 1.56. The van der Waals surface area contributed by atoms with E-state index >= 15 is 0 Å². The Labute approximate surface area is 169 Å². The second-order valence-corrected chi connectivity index (χ2v) is 8.09. The highest BCUT2D eigenvalue weighted by Gasteiger charge is 2.42. The Hall–Kier alpha value is -3.21. The third-order valence-electron chi connectivity index (χ3n) is 6.25. The van der Waals surface area contributed by atoms with Crippen molar-refractivity contribution in [2.75, 3.05) is 5.43 Å². The summed E-state index contributed by atoms with van der Waals surface area (Å²) >= 11 is 0. The molecular weight excluding hydrogens is 360 g/mol.